The number of methoxy groups -OCH3 is 2. The van der Waals surface area contributed by atoms with Gasteiger partial charge in [-0.25, -0.2) is 0 Å². The summed E-state index contributed by atoms with van der Waals surface area (Å²) in [6.45, 7) is 1.76. The van der Waals surface area contributed by atoms with Crippen molar-refractivity contribution in [1.29, 1.82) is 0 Å². The Kier molecular flexibility index (Phi) is 5.71. The summed E-state index contributed by atoms with van der Waals surface area (Å²) >= 11 is 7.56. The van der Waals surface area contributed by atoms with Crippen LogP contribution >= 0.6 is 22.9 Å². The first-order valence-electron chi connectivity index (χ1n) is 6.37. The highest BCUT2D eigenvalue weighted by molar-refractivity contribution is 7.10. The van der Waals surface area contributed by atoms with E-state index in [2.05, 4.69) is 11.4 Å². The molecule has 0 saturated heterocycles. The molecule has 2 aromatic rings. The van der Waals surface area contributed by atoms with E-state index in [0.29, 0.717) is 0 Å². The molecule has 0 unspecified atom stereocenters. The molecule has 1 N–H and O–H groups in total. The predicted molar refractivity (Wildman–Crippen MR) is 84.3 cm³/mol. The highest BCUT2D eigenvalue weighted by Gasteiger charge is 2.04. The van der Waals surface area contributed by atoms with Crippen molar-refractivity contribution in [2.45, 2.75) is 13.0 Å². The van der Waals surface area contributed by atoms with Crippen molar-refractivity contribution in [3.63, 3.8) is 0 Å². The summed E-state index contributed by atoms with van der Waals surface area (Å²) in [5.41, 5.74) is 1.22. The van der Waals surface area contributed by atoms with Gasteiger partial charge in [0, 0.05) is 16.8 Å². The van der Waals surface area contributed by atoms with Crippen LogP contribution in [-0.4, -0.2) is 20.8 Å². The van der Waals surface area contributed by atoms with Crippen molar-refractivity contribution in [2.75, 3.05) is 20.8 Å². The number of ether oxygens (including phenoxy) is 2. The maximum atomic E-state index is 5.89. The van der Waals surface area contributed by atoms with Crippen molar-refractivity contribution in [1.82, 2.24) is 5.32 Å². The third-order valence-corrected chi connectivity index (χ3v) is 4.24. The van der Waals surface area contributed by atoms with Crippen molar-refractivity contribution < 1.29 is 9.47 Å². The molecule has 0 amide bonds. The molecule has 3 nitrogen and oxygen atoms in total. The van der Waals surface area contributed by atoms with E-state index >= 15 is 0 Å². The standard InChI is InChI=1S/C15H18ClNO2S/c1-18-14-4-3-11(7-15(14)19-2)5-6-17-9-13-8-12(16)10-20-13/h3-4,7-8,10,17H,5-6,9H2,1-2H3. The summed E-state index contributed by atoms with van der Waals surface area (Å²) in [6, 6.07) is 8.01. The molecule has 5 heteroatoms. The lowest BCUT2D eigenvalue weighted by Gasteiger charge is -2.09. The number of halogens is 1. The van der Waals surface area contributed by atoms with Gasteiger partial charge in [0.15, 0.2) is 11.5 Å². The van der Waals surface area contributed by atoms with Crippen LogP contribution in [0.3, 0.4) is 0 Å². The van der Waals surface area contributed by atoms with E-state index in [4.69, 9.17) is 21.1 Å². The quantitative estimate of drug-likeness (QED) is 0.790. The van der Waals surface area contributed by atoms with E-state index in [1.54, 1.807) is 25.6 Å². The lowest BCUT2D eigenvalue weighted by molar-refractivity contribution is 0.354. The number of hydrogen-bond acceptors (Lipinski definition) is 4. The van der Waals surface area contributed by atoms with E-state index in [9.17, 15) is 0 Å². The summed E-state index contributed by atoms with van der Waals surface area (Å²) < 4.78 is 10.5. The second kappa shape index (κ2) is 7.53. The summed E-state index contributed by atoms with van der Waals surface area (Å²) in [6.07, 6.45) is 0.944. The van der Waals surface area contributed by atoms with Crippen LogP contribution in [0.4, 0.5) is 0 Å². The number of hydrogen-bond donors (Lipinski definition) is 1. The molecular weight excluding hydrogens is 294 g/mol. The normalized spacial score (nSPS) is 10.6. The maximum Gasteiger partial charge on any atom is 0.160 e. The Morgan fingerprint density at radius 3 is 2.60 bits per heavy atom. The zero-order valence-electron chi connectivity index (χ0n) is 11.6. The summed E-state index contributed by atoms with van der Waals surface area (Å²) in [7, 11) is 3.30. The minimum atomic E-state index is 0.762. The van der Waals surface area contributed by atoms with Gasteiger partial charge < -0.3 is 14.8 Å². The van der Waals surface area contributed by atoms with Crippen LogP contribution in [0, 0.1) is 0 Å². The molecule has 1 aromatic carbocycles. The number of benzene rings is 1. The Morgan fingerprint density at radius 1 is 1.15 bits per heavy atom. The molecule has 108 valence electrons. The molecule has 0 bridgehead atoms. The molecule has 0 fully saturated rings. The zero-order chi connectivity index (χ0) is 14.4. The van der Waals surface area contributed by atoms with E-state index in [-0.39, 0.29) is 0 Å². The minimum Gasteiger partial charge on any atom is -0.493 e. The average Bonchev–Trinajstić information content (AvgIpc) is 2.89. The molecule has 0 saturated carbocycles. The largest absolute Gasteiger partial charge is 0.493 e. The van der Waals surface area contributed by atoms with Gasteiger partial charge in [0.05, 0.1) is 19.2 Å². The highest BCUT2D eigenvalue weighted by atomic mass is 35.5. The Hall–Kier alpha value is -1.23. The first-order chi connectivity index (χ1) is 9.72. The Morgan fingerprint density at radius 2 is 1.95 bits per heavy atom. The van der Waals surface area contributed by atoms with Crippen LogP contribution in [0.2, 0.25) is 5.02 Å². The van der Waals surface area contributed by atoms with Gasteiger partial charge >= 0.3 is 0 Å². The number of nitrogens with one attached hydrogen (secondary N) is 1. The lowest BCUT2D eigenvalue weighted by atomic mass is 10.1. The van der Waals surface area contributed by atoms with Gasteiger partial charge in [0.25, 0.3) is 0 Å². The Balaban J connectivity index is 1.82. The Labute approximate surface area is 128 Å². The SMILES string of the molecule is COc1ccc(CCNCc2cc(Cl)cs2)cc1OC. The maximum absolute atomic E-state index is 5.89. The van der Waals surface area contributed by atoms with Crippen molar-refractivity contribution in [3.05, 3.63) is 45.1 Å². The fourth-order valence-corrected chi connectivity index (χ4v) is 2.97. The molecule has 0 atom stereocenters. The molecule has 0 aliphatic heterocycles. The minimum absolute atomic E-state index is 0.762. The third kappa shape index (κ3) is 4.13. The van der Waals surface area contributed by atoms with E-state index in [0.717, 1.165) is 36.0 Å². The molecule has 1 heterocycles. The van der Waals surface area contributed by atoms with Crippen LogP contribution in [0.25, 0.3) is 0 Å². The van der Waals surface area contributed by atoms with Gasteiger partial charge in [0.2, 0.25) is 0 Å². The first kappa shape index (κ1) is 15.2. The van der Waals surface area contributed by atoms with Gasteiger partial charge in [-0.15, -0.1) is 11.3 Å². The molecule has 0 aliphatic carbocycles. The van der Waals surface area contributed by atoms with Crippen LogP contribution in [-0.2, 0) is 13.0 Å². The van der Waals surface area contributed by atoms with Gasteiger partial charge in [-0.3, -0.25) is 0 Å². The van der Waals surface area contributed by atoms with Crippen molar-refractivity contribution >= 4 is 22.9 Å². The van der Waals surface area contributed by atoms with Crippen LogP contribution in [0.5, 0.6) is 11.5 Å². The molecule has 1 aromatic heterocycles. The molecule has 0 radical (unpaired) electrons. The molecule has 0 aliphatic rings. The van der Waals surface area contributed by atoms with Crippen LogP contribution in [0.15, 0.2) is 29.6 Å². The number of thiophene rings is 1. The topological polar surface area (TPSA) is 30.5 Å². The Bertz CT molecular complexity index is 557. The summed E-state index contributed by atoms with van der Waals surface area (Å²) in [4.78, 5) is 1.25. The second-order valence-corrected chi connectivity index (χ2v) is 5.78. The second-order valence-electron chi connectivity index (χ2n) is 4.35. The van der Waals surface area contributed by atoms with E-state index in [1.807, 2.05) is 23.6 Å². The molecule has 0 spiro atoms. The fourth-order valence-electron chi connectivity index (χ4n) is 1.93. The summed E-state index contributed by atoms with van der Waals surface area (Å²) in [5.74, 6) is 1.53. The first-order valence-corrected chi connectivity index (χ1v) is 7.63. The van der Waals surface area contributed by atoms with Crippen LogP contribution in [0.1, 0.15) is 10.4 Å². The third-order valence-electron chi connectivity index (χ3n) is 2.96. The van der Waals surface area contributed by atoms with E-state index in [1.165, 1.54) is 10.4 Å². The van der Waals surface area contributed by atoms with Gasteiger partial charge in [0.1, 0.15) is 0 Å². The number of rotatable bonds is 7. The summed E-state index contributed by atoms with van der Waals surface area (Å²) in [5, 5.41) is 6.17. The molecular formula is C15H18ClNO2S. The predicted octanol–water partition coefficient (Wildman–Crippen LogP) is 3.75. The van der Waals surface area contributed by atoms with Gasteiger partial charge in [-0.1, -0.05) is 17.7 Å². The monoisotopic (exact) mass is 311 g/mol. The van der Waals surface area contributed by atoms with Crippen molar-refractivity contribution in [3.8, 4) is 11.5 Å². The lowest BCUT2D eigenvalue weighted by Crippen LogP contribution is -2.15. The molecule has 20 heavy (non-hydrogen) atoms. The zero-order valence-corrected chi connectivity index (χ0v) is 13.2. The fraction of sp³-hybridized carbons (Fsp3) is 0.333. The smallest absolute Gasteiger partial charge is 0.160 e. The van der Waals surface area contributed by atoms with Gasteiger partial charge in [-0.05, 0) is 36.7 Å². The van der Waals surface area contributed by atoms with Crippen LogP contribution < -0.4 is 14.8 Å². The van der Waals surface area contributed by atoms with Gasteiger partial charge in [-0.2, -0.15) is 0 Å². The highest BCUT2D eigenvalue weighted by Crippen LogP contribution is 2.27. The van der Waals surface area contributed by atoms with E-state index < -0.39 is 0 Å². The average molecular weight is 312 g/mol. The molecule has 2 rings (SSSR count). The van der Waals surface area contributed by atoms with Crippen molar-refractivity contribution in [2.24, 2.45) is 0 Å².